The summed E-state index contributed by atoms with van der Waals surface area (Å²) in [7, 11) is 0. The van der Waals surface area contributed by atoms with Gasteiger partial charge < -0.3 is 30.0 Å². The van der Waals surface area contributed by atoms with Crippen molar-refractivity contribution in [1.29, 1.82) is 5.41 Å². The van der Waals surface area contributed by atoms with Gasteiger partial charge in [-0.2, -0.15) is 0 Å². The van der Waals surface area contributed by atoms with Crippen molar-refractivity contribution in [1.82, 2.24) is 14.2 Å². The lowest BCUT2D eigenvalue weighted by Crippen LogP contribution is -2.53. The van der Waals surface area contributed by atoms with E-state index in [9.17, 15) is 14.0 Å². The summed E-state index contributed by atoms with van der Waals surface area (Å²) in [5, 5.41) is 21.9. The maximum atomic E-state index is 13.9. The Labute approximate surface area is 243 Å². The number of morpholine rings is 1. The molecule has 0 saturated carbocycles. The van der Waals surface area contributed by atoms with Gasteiger partial charge in [0.15, 0.2) is 4.90 Å². The first-order chi connectivity index (χ1) is 19.9. The SMILES string of the molecule is N=CC1=C(Nc2ccc(F)cc2)C=C2CCN([S+]([O-])c3ccc(N4CCOCC4)nc3)C[C@@]2(CN2CC[C@H](O)C2)C1. The Hall–Kier alpha value is -2.80. The number of allylic oxidation sites excluding steroid dienone is 2. The number of β-amino-alcohol motifs (C(OH)–C–C–N with tert-alkyl or cyclic N) is 1. The molecule has 1 aliphatic carbocycles. The molecule has 0 bridgehead atoms. The second kappa shape index (κ2) is 12.2. The fourth-order valence-electron chi connectivity index (χ4n) is 6.42. The van der Waals surface area contributed by atoms with Crippen molar-refractivity contribution >= 4 is 29.1 Å². The Bertz CT molecular complexity index is 1300. The number of piperidine rings is 1. The molecule has 1 aromatic carbocycles. The molecule has 218 valence electrons. The van der Waals surface area contributed by atoms with E-state index in [0.717, 1.165) is 61.8 Å². The molecular weight excluding hydrogens is 543 g/mol. The Kier molecular flexibility index (Phi) is 8.43. The summed E-state index contributed by atoms with van der Waals surface area (Å²) >= 11 is -1.38. The molecule has 1 aromatic heterocycles. The van der Waals surface area contributed by atoms with Crippen LogP contribution < -0.4 is 10.2 Å². The summed E-state index contributed by atoms with van der Waals surface area (Å²) in [5.74, 6) is 0.577. The number of nitrogens with zero attached hydrogens (tertiary/aromatic N) is 4. The van der Waals surface area contributed by atoms with Crippen molar-refractivity contribution in [3.05, 3.63) is 71.3 Å². The number of aliphatic hydroxyl groups excluding tert-OH is 1. The molecule has 3 N–H and O–H groups in total. The van der Waals surface area contributed by atoms with Gasteiger partial charge in [0.1, 0.15) is 11.6 Å². The fraction of sp³-hybridized carbons (Fsp3) is 0.467. The second-order valence-corrected chi connectivity index (χ2v) is 12.8. The number of aliphatic hydroxyl groups is 1. The number of benzene rings is 1. The molecule has 0 amide bonds. The van der Waals surface area contributed by atoms with Gasteiger partial charge in [-0.3, -0.25) is 4.90 Å². The quantitative estimate of drug-likeness (QED) is 0.323. The number of ether oxygens (including phenoxy) is 1. The molecular formula is C30H37FN6O3S. The van der Waals surface area contributed by atoms with Crippen LogP contribution in [0.1, 0.15) is 19.3 Å². The molecule has 0 spiro atoms. The molecule has 3 saturated heterocycles. The van der Waals surface area contributed by atoms with E-state index in [1.807, 2.05) is 16.4 Å². The van der Waals surface area contributed by atoms with Crippen LogP contribution in [0.2, 0.25) is 0 Å². The minimum absolute atomic E-state index is 0.295. The lowest BCUT2D eigenvalue weighted by molar-refractivity contribution is 0.122. The number of aromatic nitrogens is 1. The molecule has 0 radical (unpaired) electrons. The van der Waals surface area contributed by atoms with Gasteiger partial charge in [-0.1, -0.05) is 5.57 Å². The van der Waals surface area contributed by atoms with Crippen molar-refractivity contribution in [2.75, 3.05) is 69.2 Å². The predicted molar refractivity (Wildman–Crippen MR) is 158 cm³/mol. The number of hydrogen-bond acceptors (Lipinski definition) is 9. The van der Waals surface area contributed by atoms with Crippen molar-refractivity contribution in [2.45, 2.75) is 30.3 Å². The van der Waals surface area contributed by atoms with E-state index in [4.69, 9.17) is 10.1 Å². The third-order valence-electron chi connectivity index (χ3n) is 8.55. The van der Waals surface area contributed by atoms with E-state index in [2.05, 4.69) is 26.2 Å². The van der Waals surface area contributed by atoms with Crippen LogP contribution in [-0.2, 0) is 16.1 Å². The molecule has 4 aliphatic rings. The number of halogens is 1. The lowest BCUT2D eigenvalue weighted by Gasteiger charge is -2.48. The third kappa shape index (κ3) is 6.20. The van der Waals surface area contributed by atoms with Gasteiger partial charge in [0, 0.05) is 68.3 Å². The van der Waals surface area contributed by atoms with Crippen molar-refractivity contribution in [3.63, 3.8) is 0 Å². The molecule has 11 heteroatoms. The molecule has 4 heterocycles. The highest BCUT2D eigenvalue weighted by atomic mass is 32.2. The Morgan fingerprint density at radius 2 is 1.98 bits per heavy atom. The minimum atomic E-state index is -1.38. The van der Waals surface area contributed by atoms with Crippen LogP contribution in [-0.4, -0.2) is 95.2 Å². The van der Waals surface area contributed by atoms with Crippen LogP contribution >= 0.6 is 0 Å². The normalized spacial score (nSPS) is 26.5. The second-order valence-electron chi connectivity index (χ2n) is 11.3. The first kappa shape index (κ1) is 28.3. The number of likely N-dealkylation sites (tertiary alicyclic amines) is 1. The number of fused-ring (bicyclic) bond motifs is 1. The van der Waals surface area contributed by atoms with Crippen molar-refractivity contribution in [3.8, 4) is 0 Å². The molecule has 41 heavy (non-hydrogen) atoms. The summed E-state index contributed by atoms with van der Waals surface area (Å²) < 4.78 is 34.8. The van der Waals surface area contributed by atoms with Crippen LogP contribution in [0.15, 0.2) is 70.4 Å². The predicted octanol–water partition coefficient (Wildman–Crippen LogP) is 3.18. The third-order valence-corrected chi connectivity index (χ3v) is 9.97. The smallest absolute Gasteiger partial charge is 0.192 e. The highest BCUT2D eigenvalue weighted by Gasteiger charge is 2.47. The van der Waals surface area contributed by atoms with Gasteiger partial charge >= 0.3 is 0 Å². The first-order valence-corrected chi connectivity index (χ1v) is 15.4. The van der Waals surface area contributed by atoms with Crippen LogP contribution in [0.5, 0.6) is 0 Å². The zero-order valence-electron chi connectivity index (χ0n) is 23.1. The molecule has 2 aromatic rings. The lowest BCUT2D eigenvalue weighted by atomic mass is 9.68. The monoisotopic (exact) mass is 580 g/mol. The van der Waals surface area contributed by atoms with Crippen molar-refractivity contribution in [2.24, 2.45) is 5.41 Å². The van der Waals surface area contributed by atoms with E-state index >= 15 is 0 Å². The average Bonchev–Trinajstić information content (AvgIpc) is 3.41. The number of rotatable bonds is 8. The topological polar surface area (TPSA) is 111 Å². The van der Waals surface area contributed by atoms with E-state index in [0.29, 0.717) is 44.2 Å². The number of anilines is 2. The Morgan fingerprint density at radius 1 is 1.17 bits per heavy atom. The molecule has 9 nitrogen and oxygen atoms in total. The largest absolute Gasteiger partial charge is 0.593 e. The van der Waals surface area contributed by atoms with Gasteiger partial charge in [0.05, 0.1) is 43.4 Å². The molecule has 3 fully saturated rings. The van der Waals surface area contributed by atoms with E-state index in [-0.39, 0.29) is 17.3 Å². The van der Waals surface area contributed by atoms with E-state index < -0.39 is 11.4 Å². The maximum absolute atomic E-state index is 13.9. The molecule has 6 rings (SSSR count). The minimum Gasteiger partial charge on any atom is -0.593 e. The van der Waals surface area contributed by atoms with Gasteiger partial charge in [0.25, 0.3) is 0 Å². The van der Waals surface area contributed by atoms with Crippen LogP contribution in [0.25, 0.3) is 0 Å². The van der Waals surface area contributed by atoms with Crippen LogP contribution in [0.4, 0.5) is 15.9 Å². The Balaban J connectivity index is 1.24. The average molecular weight is 581 g/mol. The van der Waals surface area contributed by atoms with E-state index in [1.54, 1.807) is 18.3 Å². The number of nitrogens with one attached hydrogen (secondary N) is 2. The number of hydrogen-bond donors (Lipinski definition) is 3. The summed E-state index contributed by atoms with van der Waals surface area (Å²) in [6.07, 6.45) is 7.02. The van der Waals surface area contributed by atoms with Gasteiger partial charge in [-0.15, -0.1) is 4.31 Å². The summed E-state index contributed by atoms with van der Waals surface area (Å²) in [4.78, 5) is 9.78. The standard InChI is InChI=1S/C30H37FN6O3S/c31-24-1-3-25(4-2-24)34-28-15-23-7-10-37(21-30(23,16-22(28)17-32)20-35-9-8-26(38)19-35)41(39)27-5-6-29(33-18-27)36-11-13-40-14-12-36/h1-6,15,17-18,26,32,34,38H,7-14,16,19-21H2/t26-,30-,41?/m0/s1. The van der Waals surface area contributed by atoms with Crippen LogP contribution in [0, 0.1) is 16.6 Å². The molecule has 3 aliphatic heterocycles. The van der Waals surface area contributed by atoms with Gasteiger partial charge in [0.2, 0.25) is 0 Å². The van der Waals surface area contributed by atoms with E-state index in [1.165, 1.54) is 23.9 Å². The zero-order valence-corrected chi connectivity index (χ0v) is 23.9. The maximum Gasteiger partial charge on any atom is 0.192 e. The summed E-state index contributed by atoms with van der Waals surface area (Å²) in [6, 6.07) is 10.1. The van der Waals surface area contributed by atoms with Gasteiger partial charge in [-0.25, -0.2) is 9.37 Å². The summed E-state index contributed by atoms with van der Waals surface area (Å²) in [6.45, 7) is 6.33. The Morgan fingerprint density at radius 3 is 2.66 bits per heavy atom. The highest BCUT2D eigenvalue weighted by molar-refractivity contribution is 7.89. The summed E-state index contributed by atoms with van der Waals surface area (Å²) in [5.41, 5.74) is 3.36. The van der Waals surface area contributed by atoms with Crippen LogP contribution in [0.3, 0.4) is 0 Å². The fourth-order valence-corrected chi connectivity index (χ4v) is 7.67. The van der Waals surface area contributed by atoms with Gasteiger partial charge in [-0.05, 0) is 61.2 Å². The molecule has 1 unspecified atom stereocenters. The molecule has 3 atom stereocenters. The highest BCUT2D eigenvalue weighted by Crippen LogP contribution is 2.47. The zero-order chi connectivity index (χ0) is 28.4. The number of pyridine rings is 1. The first-order valence-electron chi connectivity index (χ1n) is 14.3. The van der Waals surface area contributed by atoms with Crippen molar-refractivity contribution < 1.29 is 18.8 Å².